The lowest BCUT2D eigenvalue weighted by atomic mass is 10.0. The molecule has 1 aromatic carbocycles. The highest BCUT2D eigenvalue weighted by Gasteiger charge is 2.27. The Morgan fingerprint density at radius 1 is 1.15 bits per heavy atom. The van der Waals surface area contributed by atoms with Crippen molar-refractivity contribution in [2.45, 2.75) is 25.6 Å². The van der Waals surface area contributed by atoms with Gasteiger partial charge in [0.2, 0.25) is 0 Å². The predicted octanol–water partition coefficient (Wildman–Crippen LogP) is 1.98. The first kappa shape index (κ1) is 23.1. The summed E-state index contributed by atoms with van der Waals surface area (Å²) in [6.07, 6.45) is -4.75. The average Bonchev–Trinajstić information content (AvgIpc) is 3.16. The minimum Gasteiger partial charge on any atom is -0.486 e. The van der Waals surface area contributed by atoms with Crippen molar-refractivity contribution in [1.29, 1.82) is 0 Å². The van der Waals surface area contributed by atoms with E-state index in [2.05, 4.69) is 20.7 Å². The third-order valence-electron chi connectivity index (χ3n) is 4.94. The van der Waals surface area contributed by atoms with Gasteiger partial charge in [-0.25, -0.2) is 13.9 Å². The third-order valence-corrected chi connectivity index (χ3v) is 4.94. The topological polar surface area (TPSA) is 115 Å². The first-order chi connectivity index (χ1) is 16.1. The Bertz CT molecular complexity index is 1290. The molecule has 4 rings (SSSR count). The van der Waals surface area contributed by atoms with Gasteiger partial charge in [0.05, 0.1) is 12.6 Å². The van der Waals surface area contributed by atoms with Crippen LogP contribution in [0.1, 0.15) is 38.5 Å². The summed E-state index contributed by atoms with van der Waals surface area (Å²) < 4.78 is 57.3. The fourth-order valence-electron chi connectivity index (χ4n) is 3.34. The molecule has 0 aliphatic carbocycles. The zero-order valence-electron chi connectivity index (χ0n) is 17.4. The fraction of sp³-hybridized carbons (Fsp3) is 0.286. The van der Waals surface area contributed by atoms with E-state index in [9.17, 15) is 31.9 Å². The van der Waals surface area contributed by atoms with Gasteiger partial charge in [0.15, 0.2) is 17.2 Å². The van der Waals surface area contributed by atoms with E-state index in [4.69, 9.17) is 4.74 Å². The van der Waals surface area contributed by atoms with Crippen LogP contribution in [0.25, 0.3) is 5.65 Å². The van der Waals surface area contributed by atoms with Crippen LogP contribution in [0.2, 0.25) is 0 Å². The number of fused-ring (bicyclic) bond motifs is 2. The van der Waals surface area contributed by atoms with E-state index in [0.29, 0.717) is 16.9 Å². The van der Waals surface area contributed by atoms with E-state index in [-0.39, 0.29) is 36.7 Å². The number of nitrogens with one attached hydrogen (secondary N) is 2. The van der Waals surface area contributed by atoms with Gasteiger partial charge in [0, 0.05) is 31.1 Å². The van der Waals surface area contributed by atoms with E-state index < -0.39 is 42.4 Å². The van der Waals surface area contributed by atoms with Gasteiger partial charge in [-0.2, -0.15) is 18.3 Å². The number of ether oxygens (including phenoxy) is 1. The molecule has 0 fully saturated rings. The molecule has 0 radical (unpaired) electrons. The lowest BCUT2D eigenvalue weighted by molar-refractivity contribution is -0.133. The molecule has 0 unspecified atom stereocenters. The van der Waals surface area contributed by atoms with Crippen molar-refractivity contribution in [3.63, 3.8) is 0 Å². The van der Waals surface area contributed by atoms with Crippen molar-refractivity contribution in [3.8, 4) is 5.75 Å². The molecule has 178 valence electrons. The first-order valence-corrected chi connectivity index (χ1v) is 10.0. The minimum atomic E-state index is -4.47. The number of Topliss-reactive ketones (excluding diaryl/α,β-unsaturated/α-hetero) is 1. The number of hydrogen-bond acceptors (Lipinski definition) is 6. The lowest BCUT2D eigenvalue weighted by Gasteiger charge is -2.17. The van der Waals surface area contributed by atoms with Crippen molar-refractivity contribution in [3.05, 3.63) is 58.8 Å². The Balaban J connectivity index is 1.51. The van der Waals surface area contributed by atoms with Crippen LogP contribution in [-0.2, 0) is 17.8 Å². The normalized spacial score (nSPS) is 13.4. The number of alkyl halides is 3. The second-order valence-electron chi connectivity index (χ2n) is 7.50. The zero-order valence-corrected chi connectivity index (χ0v) is 17.4. The fourth-order valence-corrected chi connectivity index (χ4v) is 3.34. The van der Waals surface area contributed by atoms with Gasteiger partial charge in [0.25, 0.3) is 11.8 Å². The summed E-state index contributed by atoms with van der Waals surface area (Å²) in [5.74, 6) is -2.14. The summed E-state index contributed by atoms with van der Waals surface area (Å²) in [5.41, 5.74) is 0.224. The van der Waals surface area contributed by atoms with Crippen LogP contribution in [0.5, 0.6) is 5.75 Å². The molecule has 1 aliphatic rings. The van der Waals surface area contributed by atoms with Gasteiger partial charge in [0.1, 0.15) is 23.7 Å². The SMILES string of the molecule is O=C1COc2ccc(CNC(=O)c3cc(C(=O)NCCC(F)(F)F)n4ncc(F)c4n3)cc2C1. The quantitative estimate of drug-likeness (QED) is 0.523. The van der Waals surface area contributed by atoms with Gasteiger partial charge >= 0.3 is 6.18 Å². The second-order valence-corrected chi connectivity index (χ2v) is 7.50. The van der Waals surface area contributed by atoms with E-state index in [1.807, 2.05) is 0 Å². The highest BCUT2D eigenvalue weighted by atomic mass is 19.4. The molecule has 1 aliphatic heterocycles. The van der Waals surface area contributed by atoms with Crippen LogP contribution in [0, 0.1) is 5.82 Å². The number of hydrogen-bond donors (Lipinski definition) is 2. The smallest absolute Gasteiger partial charge is 0.390 e. The van der Waals surface area contributed by atoms with E-state index in [1.165, 1.54) is 0 Å². The number of carbonyl (C=O) groups is 3. The molecule has 3 heterocycles. The number of amides is 2. The summed E-state index contributed by atoms with van der Waals surface area (Å²) in [5, 5.41) is 8.31. The van der Waals surface area contributed by atoms with Gasteiger partial charge in [-0.1, -0.05) is 6.07 Å². The Kier molecular flexibility index (Phi) is 6.18. The molecule has 9 nitrogen and oxygen atoms in total. The van der Waals surface area contributed by atoms with Crippen molar-refractivity contribution in [2.75, 3.05) is 13.2 Å². The van der Waals surface area contributed by atoms with Crippen LogP contribution < -0.4 is 15.4 Å². The van der Waals surface area contributed by atoms with Crippen molar-refractivity contribution in [1.82, 2.24) is 25.2 Å². The summed E-state index contributed by atoms with van der Waals surface area (Å²) in [7, 11) is 0. The molecule has 0 atom stereocenters. The summed E-state index contributed by atoms with van der Waals surface area (Å²) >= 11 is 0. The van der Waals surface area contributed by atoms with Crippen LogP contribution in [0.4, 0.5) is 17.6 Å². The Morgan fingerprint density at radius 2 is 1.94 bits per heavy atom. The van der Waals surface area contributed by atoms with Crippen LogP contribution in [0.15, 0.2) is 30.5 Å². The number of ketones is 1. The van der Waals surface area contributed by atoms with Crippen LogP contribution >= 0.6 is 0 Å². The summed E-state index contributed by atoms with van der Waals surface area (Å²) in [6.45, 7) is -0.668. The van der Waals surface area contributed by atoms with Gasteiger partial charge < -0.3 is 15.4 Å². The maximum absolute atomic E-state index is 14.1. The van der Waals surface area contributed by atoms with E-state index in [0.717, 1.165) is 16.8 Å². The number of halogens is 4. The first-order valence-electron chi connectivity index (χ1n) is 10.0. The Morgan fingerprint density at radius 3 is 2.71 bits per heavy atom. The van der Waals surface area contributed by atoms with Crippen LogP contribution in [-0.4, -0.2) is 51.5 Å². The third kappa shape index (κ3) is 5.13. The second kappa shape index (κ2) is 9.08. The maximum atomic E-state index is 14.1. The average molecular weight is 479 g/mol. The summed E-state index contributed by atoms with van der Waals surface area (Å²) in [6, 6.07) is 6.09. The number of benzene rings is 1. The molecule has 0 saturated heterocycles. The highest BCUT2D eigenvalue weighted by molar-refractivity contribution is 5.98. The molecule has 34 heavy (non-hydrogen) atoms. The van der Waals surface area contributed by atoms with E-state index >= 15 is 0 Å². The number of carbonyl (C=O) groups excluding carboxylic acids is 3. The molecular formula is C21H17F4N5O4. The molecule has 13 heteroatoms. The maximum Gasteiger partial charge on any atom is 0.390 e. The predicted molar refractivity (Wildman–Crippen MR) is 108 cm³/mol. The standard InChI is InChI=1S/C21H17F4N5O4/c22-14-9-28-30-16(20(33)26-4-3-21(23,24)25)7-15(29-18(14)30)19(32)27-8-11-1-2-17-12(5-11)6-13(31)10-34-17/h1-2,5,7,9H,3-4,6,8,10H2,(H,26,33)(H,27,32). The molecule has 0 saturated carbocycles. The molecule has 2 aromatic heterocycles. The zero-order chi connectivity index (χ0) is 24.5. The monoisotopic (exact) mass is 479 g/mol. The largest absolute Gasteiger partial charge is 0.486 e. The molecule has 2 N–H and O–H groups in total. The van der Waals surface area contributed by atoms with Crippen molar-refractivity contribution < 1.29 is 36.7 Å². The van der Waals surface area contributed by atoms with Crippen LogP contribution in [0.3, 0.4) is 0 Å². The Hall–Kier alpha value is -4.03. The van der Waals surface area contributed by atoms with Gasteiger partial charge in [-0.15, -0.1) is 0 Å². The van der Waals surface area contributed by atoms with Crippen molar-refractivity contribution >= 4 is 23.2 Å². The lowest BCUT2D eigenvalue weighted by Crippen LogP contribution is -2.31. The molecule has 0 spiro atoms. The van der Waals surface area contributed by atoms with E-state index in [1.54, 1.807) is 18.2 Å². The number of nitrogens with zero attached hydrogens (tertiary/aromatic N) is 3. The van der Waals surface area contributed by atoms with Gasteiger partial charge in [-0.3, -0.25) is 14.4 Å². The molecule has 0 bridgehead atoms. The number of rotatable bonds is 6. The molecular weight excluding hydrogens is 462 g/mol. The number of aromatic nitrogens is 3. The highest BCUT2D eigenvalue weighted by Crippen LogP contribution is 2.24. The van der Waals surface area contributed by atoms with Crippen molar-refractivity contribution in [2.24, 2.45) is 0 Å². The summed E-state index contributed by atoms with van der Waals surface area (Å²) in [4.78, 5) is 40.5. The molecule has 2 amide bonds. The minimum absolute atomic E-state index is 0.00843. The molecule has 3 aromatic rings. The Labute approximate surface area is 189 Å². The van der Waals surface area contributed by atoms with Gasteiger partial charge in [-0.05, 0) is 17.7 Å².